The smallest absolute Gasteiger partial charge is 0.315 e. The van der Waals surface area contributed by atoms with Gasteiger partial charge in [-0.25, -0.2) is 0 Å². The summed E-state index contributed by atoms with van der Waals surface area (Å²) >= 11 is 0. The topological polar surface area (TPSA) is 315 Å². The van der Waals surface area contributed by atoms with E-state index >= 15 is 0 Å². The average molecular weight is 945 g/mol. The number of carbonyl (C=O) groups excluding carboxylic acids is 1. The van der Waals surface area contributed by atoms with E-state index in [4.69, 9.17) is 28.4 Å². The van der Waals surface area contributed by atoms with Gasteiger partial charge in [0.2, 0.25) is 6.29 Å². The number of aliphatic hydroxyl groups excluding tert-OH is 11. The zero-order valence-electron chi connectivity index (χ0n) is 39.0. The minimum absolute atomic E-state index is 0.0319. The molecule has 5 aliphatic carbocycles. The Bertz CT molecular complexity index is 1800. The van der Waals surface area contributed by atoms with Crippen LogP contribution in [0.25, 0.3) is 0 Å². The molecule has 0 amide bonds. The lowest BCUT2D eigenvalue weighted by Gasteiger charge is -2.71. The van der Waals surface area contributed by atoms with Crippen LogP contribution in [0.3, 0.4) is 0 Å². The summed E-state index contributed by atoms with van der Waals surface area (Å²) in [6.45, 7) is 10.9. The zero-order valence-corrected chi connectivity index (χ0v) is 39.0. The maximum atomic E-state index is 14.9. The molecule has 8 rings (SSSR count). The van der Waals surface area contributed by atoms with Gasteiger partial charge in [-0.2, -0.15) is 0 Å². The molecule has 8 aliphatic rings. The Morgan fingerprint density at radius 1 is 0.697 bits per heavy atom. The predicted octanol–water partition coefficient (Wildman–Crippen LogP) is -1.13. The van der Waals surface area contributed by atoms with Gasteiger partial charge < -0.3 is 89.7 Å². The van der Waals surface area contributed by atoms with Gasteiger partial charge in [-0.05, 0) is 111 Å². The van der Waals surface area contributed by atoms with E-state index in [2.05, 4.69) is 40.7 Å². The van der Waals surface area contributed by atoms with Crippen molar-refractivity contribution in [1.29, 1.82) is 0 Å². The summed E-state index contributed by atoms with van der Waals surface area (Å²) in [4.78, 5) is 14.9. The minimum Gasteiger partial charge on any atom is -0.432 e. The van der Waals surface area contributed by atoms with E-state index in [1.165, 1.54) is 6.92 Å². The Morgan fingerprint density at radius 3 is 2.02 bits per heavy atom. The normalized spacial score (nSPS) is 54.8. The Labute approximate surface area is 385 Å². The first-order chi connectivity index (χ1) is 30.8. The quantitative estimate of drug-likeness (QED) is 0.0961. The molecule has 24 atom stereocenters. The molecule has 7 fully saturated rings. The van der Waals surface area contributed by atoms with Crippen LogP contribution in [0.1, 0.15) is 106 Å². The summed E-state index contributed by atoms with van der Waals surface area (Å²) in [6.07, 6.45) is -17.1. The second kappa shape index (κ2) is 18.0. The van der Waals surface area contributed by atoms with Crippen molar-refractivity contribution in [3.8, 4) is 0 Å². The maximum absolute atomic E-state index is 14.9. The Kier molecular flexibility index (Phi) is 13.9. The molecular formula is C47H76O19. The van der Waals surface area contributed by atoms with Gasteiger partial charge >= 0.3 is 5.97 Å². The third-order valence-electron chi connectivity index (χ3n) is 19.2. The summed E-state index contributed by atoms with van der Waals surface area (Å²) in [6, 6.07) is 0. The molecule has 0 aromatic rings. The van der Waals surface area contributed by atoms with Crippen molar-refractivity contribution in [3.05, 3.63) is 11.6 Å². The van der Waals surface area contributed by atoms with Gasteiger partial charge in [0.1, 0.15) is 67.1 Å². The van der Waals surface area contributed by atoms with E-state index in [1.54, 1.807) is 0 Å². The van der Waals surface area contributed by atoms with Crippen LogP contribution < -0.4 is 0 Å². The van der Waals surface area contributed by atoms with E-state index in [-0.39, 0.29) is 47.0 Å². The summed E-state index contributed by atoms with van der Waals surface area (Å²) in [5.74, 6) is -0.638. The van der Waals surface area contributed by atoms with E-state index in [1.807, 2.05) is 0 Å². The highest BCUT2D eigenvalue weighted by Gasteiger charge is 2.70. The van der Waals surface area contributed by atoms with Crippen LogP contribution in [-0.4, -0.2) is 191 Å². The van der Waals surface area contributed by atoms with Crippen molar-refractivity contribution < 1.29 is 94.5 Å². The van der Waals surface area contributed by atoms with Gasteiger partial charge in [-0.1, -0.05) is 46.3 Å². The largest absolute Gasteiger partial charge is 0.432 e. The Balaban J connectivity index is 0.983. The van der Waals surface area contributed by atoms with Crippen molar-refractivity contribution in [3.63, 3.8) is 0 Å². The molecule has 3 heterocycles. The fourth-order valence-corrected chi connectivity index (χ4v) is 14.7. The van der Waals surface area contributed by atoms with Crippen LogP contribution in [0.4, 0.5) is 0 Å². The molecule has 19 nitrogen and oxygen atoms in total. The van der Waals surface area contributed by atoms with Crippen molar-refractivity contribution in [2.45, 2.75) is 210 Å². The van der Waals surface area contributed by atoms with Crippen LogP contribution in [0, 0.1) is 44.8 Å². The second-order valence-corrected chi connectivity index (χ2v) is 22.7. The third kappa shape index (κ3) is 7.86. The molecule has 66 heavy (non-hydrogen) atoms. The summed E-state index contributed by atoms with van der Waals surface area (Å²) in [7, 11) is 0. The minimum atomic E-state index is -1.90. The molecule has 0 radical (unpaired) electrons. The highest BCUT2D eigenvalue weighted by atomic mass is 16.8. The molecule has 0 aromatic carbocycles. The first-order valence-corrected chi connectivity index (χ1v) is 24.1. The summed E-state index contributed by atoms with van der Waals surface area (Å²) in [5, 5.41) is 130. The highest BCUT2D eigenvalue weighted by molar-refractivity contribution is 5.79. The van der Waals surface area contributed by atoms with Crippen molar-refractivity contribution in [2.75, 3.05) is 19.8 Å². The molecule has 3 saturated heterocycles. The van der Waals surface area contributed by atoms with E-state index in [9.17, 15) is 66.1 Å². The monoisotopic (exact) mass is 944 g/mol. The first-order valence-electron chi connectivity index (χ1n) is 24.1. The number of fused-ring (bicyclic) bond motifs is 7. The Hall–Kier alpha value is -1.47. The van der Waals surface area contributed by atoms with Gasteiger partial charge in [0.05, 0.1) is 43.0 Å². The molecule has 0 aromatic heterocycles. The van der Waals surface area contributed by atoms with Crippen LogP contribution in [0.5, 0.6) is 0 Å². The van der Waals surface area contributed by atoms with Gasteiger partial charge in [0, 0.05) is 0 Å². The fourth-order valence-electron chi connectivity index (χ4n) is 14.7. The molecule has 12 N–H and O–H groups in total. The SMILES string of the molecule is C[C@@H]1O[C@@H](O[C@H]2[C@H](O)[C@@H](O)[C@H](OC[C@H]3O[C@@H](OC(=O)[C@]45CC[C@@](O)(CO)C[C@H]4C4=CC[C@@H]6[C@@]7(C)CC[C@H](O)C(C)(C)[C@@H]7CC[C@@]6(C)[C@]4(C)CC5)[C@H](O)[C@@H](O)[C@@H]3O)O[C@@H]2CO)[C@H](O)[C@H](O)[C@H]1O. The highest BCUT2D eigenvalue weighted by Crippen LogP contribution is 2.75. The lowest BCUT2D eigenvalue weighted by molar-refractivity contribution is -0.361. The number of ether oxygens (including phenoxy) is 6. The fraction of sp³-hybridized carbons (Fsp3) is 0.936. The number of esters is 1. The zero-order chi connectivity index (χ0) is 48.3. The Morgan fingerprint density at radius 2 is 1.33 bits per heavy atom. The lowest BCUT2D eigenvalue weighted by Crippen LogP contribution is -2.66. The third-order valence-corrected chi connectivity index (χ3v) is 19.2. The van der Waals surface area contributed by atoms with Crippen molar-refractivity contribution >= 4 is 5.97 Å². The predicted molar refractivity (Wildman–Crippen MR) is 227 cm³/mol. The molecule has 0 spiro atoms. The standard InChI is InChI=1S/C47H76O19/c1-21-29(51)31(53)34(56)39(62-21)65-37-24(18-48)63-38(36(58)33(37)55)61-19-25-30(52)32(54)35(57)40(64-25)66-41(59)47-15-13-44(5)22(23(47)17-46(60,20-49)14-16-47)7-8-27-43(4)11-10-28(50)42(2,3)26(43)9-12-45(27,44)6/h7,21,23-40,48-58,60H,8-20H2,1-6H3/t21-,23-,24+,25+,26-,27+,28-,29-,30+,31+,32-,33+,34+,35+,36+,37+,38+,39-,40-,43-,44+,45+,46-,47+/m0/s1. The van der Waals surface area contributed by atoms with E-state index in [0.717, 1.165) is 37.7 Å². The molecule has 0 bridgehead atoms. The number of rotatable bonds is 9. The second-order valence-electron chi connectivity index (χ2n) is 22.7. The molecule has 0 unspecified atom stereocenters. The van der Waals surface area contributed by atoms with Crippen LogP contribution in [-0.2, 0) is 33.2 Å². The van der Waals surface area contributed by atoms with Crippen molar-refractivity contribution in [2.24, 2.45) is 44.8 Å². The molecule has 3 aliphatic heterocycles. The van der Waals surface area contributed by atoms with E-state index in [0.29, 0.717) is 24.7 Å². The number of carbonyl (C=O) groups is 1. The molecule has 19 heteroatoms. The maximum Gasteiger partial charge on any atom is 0.315 e. The summed E-state index contributed by atoms with van der Waals surface area (Å²) in [5.41, 5.74) is -2.45. The van der Waals surface area contributed by atoms with Gasteiger partial charge in [0.25, 0.3) is 0 Å². The van der Waals surface area contributed by atoms with Gasteiger partial charge in [-0.15, -0.1) is 0 Å². The van der Waals surface area contributed by atoms with Crippen LogP contribution in [0.15, 0.2) is 11.6 Å². The number of aliphatic hydroxyl groups is 12. The lowest BCUT2D eigenvalue weighted by atomic mass is 9.33. The molecular weight excluding hydrogens is 868 g/mol. The van der Waals surface area contributed by atoms with Crippen LogP contribution >= 0.6 is 0 Å². The number of allylic oxidation sites excluding steroid dienone is 2. The van der Waals surface area contributed by atoms with Crippen LogP contribution in [0.2, 0.25) is 0 Å². The molecule has 378 valence electrons. The van der Waals surface area contributed by atoms with Gasteiger partial charge in [-0.3, -0.25) is 4.79 Å². The first kappa shape index (κ1) is 50.9. The number of hydrogen-bond donors (Lipinski definition) is 12. The number of hydrogen-bond acceptors (Lipinski definition) is 19. The molecule has 4 saturated carbocycles. The van der Waals surface area contributed by atoms with Crippen molar-refractivity contribution in [1.82, 2.24) is 0 Å². The average Bonchev–Trinajstić information content (AvgIpc) is 3.28. The van der Waals surface area contributed by atoms with E-state index < -0.39 is 135 Å². The summed E-state index contributed by atoms with van der Waals surface area (Å²) < 4.78 is 34.5. The van der Waals surface area contributed by atoms with Gasteiger partial charge in [0.15, 0.2) is 12.6 Å².